The summed E-state index contributed by atoms with van der Waals surface area (Å²) in [5.74, 6) is 1.06. The van der Waals surface area contributed by atoms with Crippen molar-refractivity contribution in [2.75, 3.05) is 19.0 Å². The fourth-order valence-corrected chi connectivity index (χ4v) is 2.55. The standard InChI is InChI=1S/C21H22N4O2/c1-27-18-9-7-16(8-10-18)11-13-22-21-23-14-12-19(25-21)20(26)24-15-17-5-3-2-4-6-17/h2-10,12,14H,11,13,15H2,1H3,(H,24,26)(H,22,23,25). The number of benzene rings is 2. The molecule has 2 N–H and O–H groups in total. The third-order valence-electron chi connectivity index (χ3n) is 4.04. The summed E-state index contributed by atoms with van der Waals surface area (Å²) in [7, 11) is 1.65. The van der Waals surface area contributed by atoms with Gasteiger partial charge in [-0.3, -0.25) is 4.79 Å². The zero-order valence-corrected chi connectivity index (χ0v) is 15.2. The van der Waals surface area contributed by atoms with Gasteiger partial charge in [0, 0.05) is 19.3 Å². The topological polar surface area (TPSA) is 76.1 Å². The summed E-state index contributed by atoms with van der Waals surface area (Å²) in [4.78, 5) is 20.8. The number of carbonyl (C=O) groups excluding carboxylic acids is 1. The van der Waals surface area contributed by atoms with Crippen molar-refractivity contribution in [3.8, 4) is 5.75 Å². The maximum Gasteiger partial charge on any atom is 0.270 e. The molecule has 1 heterocycles. The van der Waals surface area contributed by atoms with Crippen molar-refractivity contribution in [1.29, 1.82) is 0 Å². The molecule has 0 aliphatic heterocycles. The molecule has 0 atom stereocenters. The SMILES string of the molecule is COc1ccc(CCNc2nccc(C(=O)NCc3ccccc3)n2)cc1. The van der Waals surface area contributed by atoms with Crippen LogP contribution in [0.4, 0.5) is 5.95 Å². The molecule has 3 aromatic rings. The van der Waals surface area contributed by atoms with Crippen molar-refractivity contribution in [3.05, 3.63) is 83.7 Å². The molecule has 0 radical (unpaired) electrons. The second-order valence-corrected chi connectivity index (χ2v) is 5.96. The fourth-order valence-electron chi connectivity index (χ4n) is 2.55. The number of hydrogen-bond donors (Lipinski definition) is 2. The normalized spacial score (nSPS) is 10.3. The summed E-state index contributed by atoms with van der Waals surface area (Å²) in [6.07, 6.45) is 2.40. The van der Waals surface area contributed by atoms with E-state index in [1.165, 1.54) is 5.56 Å². The molecule has 1 aromatic heterocycles. The zero-order valence-electron chi connectivity index (χ0n) is 15.2. The van der Waals surface area contributed by atoms with Gasteiger partial charge in [-0.05, 0) is 35.7 Å². The van der Waals surface area contributed by atoms with E-state index in [2.05, 4.69) is 20.6 Å². The Labute approximate surface area is 158 Å². The Bertz CT molecular complexity index is 867. The van der Waals surface area contributed by atoms with Gasteiger partial charge in [-0.15, -0.1) is 0 Å². The molecule has 0 spiro atoms. The van der Waals surface area contributed by atoms with Crippen LogP contribution in [0.3, 0.4) is 0 Å². The second-order valence-electron chi connectivity index (χ2n) is 5.96. The van der Waals surface area contributed by atoms with Crippen molar-refractivity contribution in [3.63, 3.8) is 0 Å². The fraction of sp³-hybridized carbons (Fsp3) is 0.190. The number of anilines is 1. The second kappa shape index (κ2) is 9.33. The summed E-state index contributed by atoms with van der Waals surface area (Å²) in [6, 6.07) is 19.3. The third-order valence-corrected chi connectivity index (χ3v) is 4.04. The van der Waals surface area contributed by atoms with E-state index in [-0.39, 0.29) is 5.91 Å². The van der Waals surface area contributed by atoms with Crippen LogP contribution in [0.2, 0.25) is 0 Å². The van der Waals surface area contributed by atoms with E-state index in [9.17, 15) is 4.79 Å². The molecule has 0 fully saturated rings. The van der Waals surface area contributed by atoms with Gasteiger partial charge in [0.2, 0.25) is 5.95 Å². The molecule has 1 amide bonds. The van der Waals surface area contributed by atoms with Gasteiger partial charge in [0.05, 0.1) is 7.11 Å². The maximum atomic E-state index is 12.3. The van der Waals surface area contributed by atoms with Crippen LogP contribution >= 0.6 is 0 Å². The average Bonchev–Trinajstić information content (AvgIpc) is 2.73. The largest absolute Gasteiger partial charge is 0.497 e. The van der Waals surface area contributed by atoms with Gasteiger partial charge in [0.15, 0.2) is 0 Å². The molecule has 27 heavy (non-hydrogen) atoms. The van der Waals surface area contributed by atoms with Gasteiger partial charge in [-0.25, -0.2) is 9.97 Å². The number of methoxy groups -OCH3 is 1. The summed E-state index contributed by atoms with van der Waals surface area (Å²) in [5, 5.41) is 6.02. The Morgan fingerprint density at radius 2 is 1.78 bits per heavy atom. The molecular weight excluding hydrogens is 340 g/mol. The Balaban J connectivity index is 1.51. The minimum Gasteiger partial charge on any atom is -0.497 e. The van der Waals surface area contributed by atoms with Gasteiger partial charge < -0.3 is 15.4 Å². The Morgan fingerprint density at radius 3 is 2.52 bits per heavy atom. The number of rotatable bonds is 8. The van der Waals surface area contributed by atoms with Crippen molar-refractivity contribution >= 4 is 11.9 Å². The van der Waals surface area contributed by atoms with Gasteiger partial charge in [-0.1, -0.05) is 42.5 Å². The minimum absolute atomic E-state index is 0.223. The first-order chi connectivity index (χ1) is 13.2. The quantitative estimate of drug-likeness (QED) is 0.644. The molecule has 0 aliphatic carbocycles. The lowest BCUT2D eigenvalue weighted by Gasteiger charge is -2.08. The number of nitrogens with zero attached hydrogens (tertiary/aromatic N) is 2. The zero-order chi connectivity index (χ0) is 18.9. The highest BCUT2D eigenvalue weighted by Crippen LogP contribution is 2.11. The first kappa shape index (κ1) is 18.4. The average molecular weight is 362 g/mol. The monoisotopic (exact) mass is 362 g/mol. The molecule has 6 heteroatoms. The molecule has 0 aliphatic rings. The summed E-state index contributed by atoms with van der Waals surface area (Å²) in [5.41, 5.74) is 2.56. The van der Waals surface area contributed by atoms with Crippen molar-refractivity contribution < 1.29 is 9.53 Å². The highest BCUT2D eigenvalue weighted by molar-refractivity contribution is 5.92. The van der Waals surface area contributed by atoms with Gasteiger partial charge in [0.1, 0.15) is 11.4 Å². The summed E-state index contributed by atoms with van der Waals surface area (Å²) >= 11 is 0. The predicted octanol–water partition coefficient (Wildman–Crippen LogP) is 3.07. The van der Waals surface area contributed by atoms with Crippen LogP contribution in [0.25, 0.3) is 0 Å². The van der Waals surface area contributed by atoms with Crippen LogP contribution < -0.4 is 15.4 Å². The van der Waals surface area contributed by atoms with Crippen molar-refractivity contribution in [2.24, 2.45) is 0 Å². The van der Waals surface area contributed by atoms with E-state index in [1.807, 2.05) is 54.6 Å². The Hall–Kier alpha value is -3.41. The van der Waals surface area contributed by atoms with Gasteiger partial charge in [0.25, 0.3) is 5.91 Å². The van der Waals surface area contributed by atoms with E-state index in [4.69, 9.17) is 4.74 Å². The van der Waals surface area contributed by atoms with E-state index in [0.29, 0.717) is 24.7 Å². The molecule has 0 saturated heterocycles. The van der Waals surface area contributed by atoms with Crippen LogP contribution in [0.1, 0.15) is 21.6 Å². The highest BCUT2D eigenvalue weighted by Gasteiger charge is 2.08. The van der Waals surface area contributed by atoms with E-state index in [1.54, 1.807) is 19.4 Å². The van der Waals surface area contributed by atoms with Crippen LogP contribution in [0, 0.1) is 0 Å². The molecular formula is C21H22N4O2. The van der Waals surface area contributed by atoms with Crippen LogP contribution in [0.15, 0.2) is 66.9 Å². The smallest absolute Gasteiger partial charge is 0.270 e. The van der Waals surface area contributed by atoms with Crippen molar-refractivity contribution in [2.45, 2.75) is 13.0 Å². The number of carbonyl (C=O) groups is 1. The lowest BCUT2D eigenvalue weighted by molar-refractivity contribution is 0.0946. The highest BCUT2D eigenvalue weighted by atomic mass is 16.5. The van der Waals surface area contributed by atoms with E-state index >= 15 is 0 Å². The summed E-state index contributed by atoms with van der Waals surface area (Å²) < 4.78 is 5.15. The molecule has 0 saturated carbocycles. The van der Waals surface area contributed by atoms with Crippen LogP contribution in [-0.2, 0) is 13.0 Å². The number of nitrogens with one attached hydrogen (secondary N) is 2. The Morgan fingerprint density at radius 1 is 1.00 bits per heavy atom. The number of ether oxygens (including phenoxy) is 1. The van der Waals surface area contributed by atoms with Gasteiger partial charge in [-0.2, -0.15) is 0 Å². The molecule has 0 unspecified atom stereocenters. The van der Waals surface area contributed by atoms with Gasteiger partial charge >= 0.3 is 0 Å². The van der Waals surface area contributed by atoms with Crippen molar-refractivity contribution in [1.82, 2.24) is 15.3 Å². The van der Waals surface area contributed by atoms with E-state index in [0.717, 1.165) is 17.7 Å². The number of aromatic nitrogens is 2. The molecule has 0 bridgehead atoms. The maximum absolute atomic E-state index is 12.3. The first-order valence-corrected chi connectivity index (χ1v) is 8.76. The van der Waals surface area contributed by atoms with Crippen LogP contribution in [0.5, 0.6) is 5.75 Å². The Kier molecular flexibility index (Phi) is 6.35. The molecule has 3 rings (SSSR count). The third kappa shape index (κ3) is 5.54. The molecule has 6 nitrogen and oxygen atoms in total. The van der Waals surface area contributed by atoms with Crippen LogP contribution in [-0.4, -0.2) is 29.5 Å². The summed E-state index contributed by atoms with van der Waals surface area (Å²) in [6.45, 7) is 1.13. The predicted molar refractivity (Wildman–Crippen MR) is 105 cm³/mol. The lowest BCUT2D eigenvalue weighted by Crippen LogP contribution is -2.24. The first-order valence-electron chi connectivity index (χ1n) is 8.76. The molecule has 2 aromatic carbocycles. The minimum atomic E-state index is -0.223. The number of amides is 1. The van der Waals surface area contributed by atoms with E-state index < -0.39 is 0 Å². The molecule has 138 valence electrons. The lowest BCUT2D eigenvalue weighted by atomic mass is 10.1. The number of hydrogen-bond acceptors (Lipinski definition) is 5.